The normalized spacial score (nSPS) is 18.7. The maximum atomic E-state index is 15.2. The zero-order valence-corrected chi connectivity index (χ0v) is 20.9. The van der Waals surface area contributed by atoms with Crippen molar-refractivity contribution in [2.75, 3.05) is 0 Å². The molecular weight excluding hydrogens is 441 g/mol. The van der Waals surface area contributed by atoms with E-state index < -0.39 is 17.5 Å². The smallest absolute Gasteiger partial charge is 0.168 e. The lowest BCUT2D eigenvalue weighted by Crippen LogP contribution is -2.13. The van der Waals surface area contributed by atoms with Crippen molar-refractivity contribution in [3.8, 4) is 33.4 Å². The molecule has 0 nitrogen and oxygen atoms in total. The van der Waals surface area contributed by atoms with Crippen molar-refractivity contribution < 1.29 is 13.2 Å². The Morgan fingerprint density at radius 1 is 0.686 bits per heavy atom. The topological polar surface area (TPSA) is 0 Å². The van der Waals surface area contributed by atoms with Crippen molar-refractivity contribution in [3.05, 3.63) is 71.0 Å². The summed E-state index contributed by atoms with van der Waals surface area (Å²) in [5, 5.41) is 0. The summed E-state index contributed by atoms with van der Waals surface area (Å²) in [6.45, 7) is 4.23. The van der Waals surface area contributed by atoms with Gasteiger partial charge in [-0.15, -0.1) is 0 Å². The number of rotatable bonds is 8. The molecule has 0 atom stereocenters. The maximum absolute atomic E-state index is 15.2. The second-order valence-electron chi connectivity index (χ2n) is 10.5. The summed E-state index contributed by atoms with van der Waals surface area (Å²) in [6.07, 6.45) is 11.7. The van der Waals surface area contributed by atoms with Gasteiger partial charge in [-0.1, -0.05) is 82.3 Å². The third-order valence-corrected chi connectivity index (χ3v) is 8.24. The van der Waals surface area contributed by atoms with Crippen LogP contribution in [0.3, 0.4) is 0 Å². The van der Waals surface area contributed by atoms with Gasteiger partial charge in [0.1, 0.15) is 5.82 Å². The Labute approximate surface area is 207 Å². The van der Waals surface area contributed by atoms with Gasteiger partial charge in [0.15, 0.2) is 11.6 Å². The lowest BCUT2D eigenvalue weighted by molar-refractivity contribution is 0.303. The molecule has 0 radical (unpaired) electrons. The first-order valence-electron chi connectivity index (χ1n) is 13.5. The second kappa shape index (κ2) is 10.2. The largest absolute Gasteiger partial charge is 0.206 e. The van der Waals surface area contributed by atoms with Crippen molar-refractivity contribution in [2.24, 2.45) is 5.92 Å². The Hall–Kier alpha value is -2.55. The highest BCUT2D eigenvalue weighted by Crippen LogP contribution is 2.52. The predicted octanol–water partition coefficient (Wildman–Crippen LogP) is 10.2. The lowest BCUT2D eigenvalue weighted by Gasteiger charge is -2.29. The summed E-state index contributed by atoms with van der Waals surface area (Å²) >= 11 is 0. The van der Waals surface area contributed by atoms with E-state index in [1.54, 1.807) is 12.1 Å². The van der Waals surface area contributed by atoms with Gasteiger partial charge in [0.2, 0.25) is 0 Å². The van der Waals surface area contributed by atoms with Gasteiger partial charge in [-0.25, -0.2) is 13.2 Å². The molecule has 3 aromatic rings. The Kier molecular flexibility index (Phi) is 7.05. The fourth-order valence-electron chi connectivity index (χ4n) is 6.18. The molecule has 3 aromatic carbocycles. The molecule has 0 spiro atoms. The molecule has 0 N–H and O–H groups in total. The molecular formula is C32H35F3. The molecule has 35 heavy (non-hydrogen) atoms. The third kappa shape index (κ3) is 4.43. The molecule has 1 fully saturated rings. The van der Waals surface area contributed by atoms with Gasteiger partial charge in [0, 0.05) is 16.7 Å². The van der Waals surface area contributed by atoms with Gasteiger partial charge in [-0.05, 0) is 77.8 Å². The molecule has 0 aliphatic heterocycles. The van der Waals surface area contributed by atoms with E-state index in [2.05, 4.69) is 19.1 Å². The third-order valence-electron chi connectivity index (χ3n) is 8.24. The quantitative estimate of drug-likeness (QED) is 0.222. The summed E-state index contributed by atoms with van der Waals surface area (Å²) in [4.78, 5) is 0. The first-order valence-corrected chi connectivity index (χ1v) is 13.5. The van der Waals surface area contributed by atoms with E-state index in [9.17, 15) is 4.39 Å². The molecule has 2 aliphatic carbocycles. The van der Waals surface area contributed by atoms with Gasteiger partial charge in [-0.3, -0.25) is 0 Å². The molecule has 5 rings (SSSR count). The molecule has 3 heteroatoms. The molecule has 0 saturated heterocycles. The number of fused-ring (bicyclic) bond motifs is 4. The Balaban J connectivity index is 1.34. The van der Waals surface area contributed by atoms with E-state index >= 15 is 8.78 Å². The van der Waals surface area contributed by atoms with Crippen molar-refractivity contribution in [1.82, 2.24) is 0 Å². The minimum Gasteiger partial charge on any atom is -0.206 e. The Morgan fingerprint density at radius 3 is 2.09 bits per heavy atom. The van der Waals surface area contributed by atoms with Crippen LogP contribution < -0.4 is 0 Å². The highest BCUT2D eigenvalue weighted by Gasteiger charge is 2.34. The summed E-state index contributed by atoms with van der Waals surface area (Å²) < 4.78 is 45.3. The highest BCUT2D eigenvalue weighted by molar-refractivity contribution is 6.04. The zero-order chi connectivity index (χ0) is 24.5. The van der Waals surface area contributed by atoms with Crippen LogP contribution in [0.25, 0.3) is 33.4 Å². The molecule has 2 aliphatic rings. The zero-order valence-electron chi connectivity index (χ0n) is 20.9. The summed E-state index contributed by atoms with van der Waals surface area (Å²) in [7, 11) is 0. The summed E-state index contributed by atoms with van der Waals surface area (Å²) in [6, 6.07) is 13.3. The average molecular weight is 477 g/mol. The van der Waals surface area contributed by atoms with E-state index in [0.717, 1.165) is 12.3 Å². The number of unbranched alkanes of at least 4 members (excludes halogenated alkanes) is 2. The van der Waals surface area contributed by atoms with Crippen LogP contribution in [0, 0.1) is 23.4 Å². The van der Waals surface area contributed by atoms with Crippen LogP contribution in [0.5, 0.6) is 0 Å². The van der Waals surface area contributed by atoms with Crippen LogP contribution in [-0.2, 0) is 6.42 Å². The highest BCUT2D eigenvalue weighted by atomic mass is 19.2. The van der Waals surface area contributed by atoms with Crippen LogP contribution in [0.2, 0.25) is 0 Å². The van der Waals surface area contributed by atoms with Crippen molar-refractivity contribution >= 4 is 0 Å². The molecule has 0 amide bonds. The Bertz CT molecular complexity index is 1200. The molecule has 184 valence electrons. The van der Waals surface area contributed by atoms with E-state index in [1.807, 2.05) is 25.1 Å². The second-order valence-corrected chi connectivity index (χ2v) is 10.5. The van der Waals surface area contributed by atoms with Crippen LogP contribution in [0.15, 0.2) is 42.5 Å². The number of benzene rings is 3. The number of aryl methyl sites for hydroxylation is 1. The minimum atomic E-state index is -0.942. The van der Waals surface area contributed by atoms with Gasteiger partial charge in [0.05, 0.1) is 0 Å². The Morgan fingerprint density at radius 2 is 1.40 bits per heavy atom. The number of halogens is 3. The van der Waals surface area contributed by atoms with Crippen LogP contribution in [0.1, 0.15) is 88.7 Å². The van der Waals surface area contributed by atoms with E-state index in [0.29, 0.717) is 34.6 Å². The standard InChI is InChI=1S/C32H35F3/c1-3-5-6-8-20-9-11-21(12-10-20)22-13-15-23(16-14-22)26-19-27-25-18-17-24(7-4-2)30(33)28(25)29(27)32(35)31(26)34/h13-21H,3-12H2,1-2H3. The van der Waals surface area contributed by atoms with E-state index in [4.69, 9.17) is 0 Å². The van der Waals surface area contributed by atoms with Crippen LogP contribution in [0.4, 0.5) is 13.2 Å². The molecule has 0 heterocycles. The molecule has 0 aromatic heterocycles. The van der Waals surface area contributed by atoms with E-state index in [1.165, 1.54) is 56.9 Å². The molecule has 0 bridgehead atoms. The van der Waals surface area contributed by atoms with Crippen LogP contribution >= 0.6 is 0 Å². The first kappa shape index (κ1) is 24.2. The van der Waals surface area contributed by atoms with Gasteiger partial charge in [-0.2, -0.15) is 0 Å². The monoisotopic (exact) mass is 476 g/mol. The molecule has 0 unspecified atom stereocenters. The number of hydrogen-bond acceptors (Lipinski definition) is 0. The van der Waals surface area contributed by atoms with E-state index in [-0.39, 0.29) is 16.7 Å². The van der Waals surface area contributed by atoms with Crippen LogP contribution in [-0.4, -0.2) is 0 Å². The number of hydrogen-bond donors (Lipinski definition) is 0. The van der Waals surface area contributed by atoms with Crippen molar-refractivity contribution in [2.45, 2.75) is 84.0 Å². The lowest BCUT2D eigenvalue weighted by atomic mass is 9.76. The van der Waals surface area contributed by atoms with Gasteiger partial charge in [0.25, 0.3) is 0 Å². The fraction of sp³-hybridized carbons (Fsp3) is 0.438. The summed E-state index contributed by atoms with van der Waals surface area (Å²) in [5.41, 5.74) is 4.35. The van der Waals surface area contributed by atoms with Gasteiger partial charge >= 0.3 is 0 Å². The summed E-state index contributed by atoms with van der Waals surface area (Å²) in [5.74, 6) is -0.829. The van der Waals surface area contributed by atoms with Gasteiger partial charge < -0.3 is 0 Å². The minimum absolute atomic E-state index is 0.0871. The predicted molar refractivity (Wildman–Crippen MR) is 139 cm³/mol. The van der Waals surface area contributed by atoms with Crippen molar-refractivity contribution in [3.63, 3.8) is 0 Å². The molecule has 1 saturated carbocycles. The first-order chi connectivity index (χ1) is 17.0. The average Bonchev–Trinajstić information content (AvgIpc) is 2.86. The maximum Gasteiger partial charge on any atom is 0.168 e. The fourth-order valence-corrected chi connectivity index (χ4v) is 6.18. The SMILES string of the molecule is CCCCCC1CCC(c2ccc(-c3cc4c(c(F)c3F)-c3c-4ccc(CCC)c3F)cc2)CC1. The van der Waals surface area contributed by atoms with Crippen molar-refractivity contribution in [1.29, 1.82) is 0 Å².